The molecule has 52 heavy (non-hydrogen) atoms. The van der Waals surface area contributed by atoms with Gasteiger partial charge in [0.25, 0.3) is 11.5 Å². The Morgan fingerprint density at radius 1 is 0.885 bits per heavy atom. The Bertz CT molecular complexity index is 2380. The molecule has 3 N–H and O–H groups in total. The van der Waals surface area contributed by atoms with Crippen LogP contribution in [-0.2, 0) is 24.5 Å². The quantitative estimate of drug-likeness (QED) is 0.155. The number of anilines is 1. The van der Waals surface area contributed by atoms with Gasteiger partial charge >= 0.3 is 11.7 Å². The van der Waals surface area contributed by atoms with Crippen LogP contribution in [0.3, 0.4) is 0 Å². The van der Waals surface area contributed by atoms with E-state index < -0.39 is 35.5 Å². The third kappa shape index (κ3) is 7.37. The predicted molar refractivity (Wildman–Crippen MR) is 195 cm³/mol. The normalized spacial score (nSPS) is 11.2. The number of para-hydroxylation sites is 1. The number of pyridine rings is 1. The van der Waals surface area contributed by atoms with Crippen LogP contribution < -0.4 is 27.4 Å². The van der Waals surface area contributed by atoms with Crippen LogP contribution in [0.15, 0.2) is 101 Å². The van der Waals surface area contributed by atoms with E-state index in [2.05, 4.69) is 25.9 Å². The zero-order valence-corrected chi connectivity index (χ0v) is 29.1. The number of amides is 3. The van der Waals surface area contributed by atoms with Gasteiger partial charge in [-0.2, -0.15) is 0 Å². The molecule has 0 aliphatic heterocycles. The number of carbonyl (C=O) groups is 2. The van der Waals surface area contributed by atoms with E-state index in [-0.39, 0.29) is 46.2 Å². The van der Waals surface area contributed by atoms with E-state index >= 15 is 8.78 Å². The van der Waals surface area contributed by atoms with Crippen LogP contribution >= 0.6 is 11.3 Å². The maximum absolute atomic E-state index is 15.1. The minimum absolute atomic E-state index is 0.174. The second kappa shape index (κ2) is 15.5. The Kier molecular flexibility index (Phi) is 10.6. The summed E-state index contributed by atoms with van der Waals surface area (Å²) in [7, 11) is 4.65. The summed E-state index contributed by atoms with van der Waals surface area (Å²) >= 11 is 1.14. The van der Waals surface area contributed by atoms with Crippen molar-refractivity contribution in [1.29, 1.82) is 0 Å². The molecule has 12 nitrogen and oxygen atoms in total. The molecule has 0 spiro atoms. The molecule has 15 heteroatoms. The second-order valence-corrected chi connectivity index (χ2v) is 12.7. The molecule has 0 aliphatic carbocycles. The van der Waals surface area contributed by atoms with Crippen molar-refractivity contribution in [3.8, 4) is 16.1 Å². The number of urea groups is 1. The molecule has 3 aromatic heterocycles. The third-order valence-corrected chi connectivity index (χ3v) is 9.50. The number of nitrogens with zero attached hydrogens (tertiary/aromatic N) is 4. The van der Waals surface area contributed by atoms with Crippen molar-refractivity contribution in [3.63, 3.8) is 0 Å². The summed E-state index contributed by atoms with van der Waals surface area (Å²) in [6, 6.07) is 23.2. The predicted octanol–water partition coefficient (Wildman–Crippen LogP) is 5.28. The van der Waals surface area contributed by atoms with Crippen LogP contribution in [0.25, 0.3) is 26.3 Å². The SMILES string of the molecule is CNC(=O)c1cccc(CN(C)Cc2c(-c3ccc(NC(=O)NOC)cc3)sc3c2c(=O)n(-c2ccccc2)c(=O)n3Cc2c(F)cccc2F)n1. The number of aromatic nitrogens is 3. The number of halogens is 2. The molecule has 0 saturated carbocycles. The molecule has 3 heterocycles. The van der Waals surface area contributed by atoms with E-state index in [0.717, 1.165) is 28.0 Å². The van der Waals surface area contributed by atoms with Crippen LogP contribution in [0, 0.1) is 11.6 Å². The Morgan fingerprint density at radius 3 is 2.25 bits per heavy atom. The first-order valence-electron chi connectivity index (χ1n) is 16.0. The van der Waals surface area contributed by atoms with Gasteiger partial charge in [-0.05, 0) is 66.7 Å². The molecule has 6 aromatic rings. The molecule has 0 radical (unpaired) electrons. The fraction of sp³-hybridized carbons (Fsp3) is 0.162. The first-order chi connectivity index (χ1) is 25.1. The molecule has 0 bridgehead atoms. The molecule has 0 saturated heterocycles. The van der Waals surface area contributed by atoms with Gasteiger partial charge in [-0.1, -0.05) is 42.5 Å². The summed E-state index contributed by atoms with van der Waals surface area (Å²) in [6.45, 7) is -0.0242. The first kappa shape index (κ1) is 35.8. The Hall–Kier alpha value is -6.03. The lowest BCUT2D eigenvalue weighted by atomic mass is 10.1. The summed E-state index contributed by atoms with van der Waals surface area (Å²) < 4.78 is 32.4. The molecule has 266 valence electrons. The Balaban J connectivity index is 1.56. The van der Waals surface area contributed by atoms with E-state index in [1.54, 1.807) is 72.8 Å². The van der Waals surface area contributed by atoms with Gasteiger partial charge in [-0.25, -0.2) is 33.4 Å². The van der Waals surface area contributed by atoms with E-state index in [1.165, 1.54) is 24.8 Å². The second-order valence-electron chi connectivity index (χ2n) is 11.7. The summed E-state index contributed by atoms with van der Waals surface area (Å²) in [6.07, 6.45) is 0. The van der Waals surface area contributed by atoms with Crippen LogP contribution in [0.1, 0.15) is 27.3 Å². The van der Waals surface area contributed by atoms with Gasteiger partial charge in [0, 0.05) is 36.3 Å². The fourth-order valence-corrected chi connectivity index (χ4v) is 7.12. The number of fused-ring (bicyclic) bond motifs is 1. The molecule has 3 amide bonds. The van der Waals surface area contributed by atoms with Crippen molar-refractivity contribution in [2.75, 3.05) is 26.5 Å². The molecule has 0 fully saturated rings. The summed E-state index contributed by atoms with van der Waals surface area (Å²) in [5.74, 6) is -2.00. The largest absolute Gasteiger partial charge is 0.354 e. The first-order valence-corrected chi connectivity index (χ1v) is 16.8. The highest BCUT2D eigenvalue weighted by atomic mass is 32.1. The van der Waals surface area contributed by atoms with E-state index in [0.29, 0.717) is 27.4 Å². The van der Waals surface area contributed by atoms with Gasteiger partial charge in [-0.3, -0.25) is 23.9 Å². The molecule has 6 rings (SSSR count). The number of nitrogens with one attached hydrogen (secondary N) is 3. The molecule has 0 atom stereocenters. The van der Waals surface area contributed by atoms with Crippen molar-refractivity contribution in [2.45, 2.75) is 19.6 Å². The van der Waals surface area contributed by atoms with Crippen molar-refractivity contribution < 1.29 is 23.2 Å². The Labute approximate surface area is 299 Å². The van der Waals surface area contributed by atoms with Gasteiger partial charge in [-0.15, -0.1) is 11.3 Å². The third-order valence-electron chi connectivity index (χ3n) is 8.19. The molecule has 0 unspecified atom stereocenters. The average molecular weight is 726 g/mol. The smallest absolute Gasteiger partial charge is 0.343 e. The molecular formula is C37H33F2N7O5S. The summed E-state index contributed by atoms with van der Waals surface area (Å²) in [4.78, 5) is 65.0. The zero-order valence-electron chi connectivity index (χ0n) is 28.3. The lowest BCUT2D eigenvalue weighted by Crippen LogP contribution is -2.39. The lowest BCUT2D eigenvalue weighted by Gasteiger charge is -2.18. The van der Waals surface area contributed by atoms with Gasteiger partial charge < -0.3 is 10.6 Å². The Morgan fingerprint density at radius 2 is 1.58 bits per heavy atom. The van der Waals surface area contributed by atoms with Crippen LogP contribution in [0.2, 0.25) is 0 Å². The maximum atomic E-state index is 15.1. The molecule has 0 aliphatic rings. The van der Waals surface area contributed by atoms with E-state index in [4.69, 9.17) is 0 Å². The van der Waals surface area contributed by atoms with Crippen molar-refractivity contribution in [2.24, 2.45) is 0 Å². The van der Waals surface area contributed by atoms with Crippen LogP contribution in [-0.4, -0.2) is 52.2 Å². The fourth-order valence-electron chi connectivity index (χ4n) is 5.82. The van der Waals surface area contributed by atoms with Crippen molar-refractivity contribution in [3.05, 3.63) is 146 Å². The van der Waals surface area contributed by atoms with Crippen molar-refractivity contribution >= 4 is 39.2 Å². The number of rotatable bonds is 11. The maximum Gasteiger partial charge on any atom is 0.343 e. The number of hydrogen-bond acceptors (Lipinski definition) is 8. The molecular weight excluding hydrogens is 693 g/mol. The van der Waals surface area contributed by atoms with Crippen LogP contribution in [0.4, 0.5) is 19.3 Å². The topological polar surface area (TPSA) is 140 Å². The van der Waals surface area contributed by atoms with Crippen molar-refractivity contribution in [1.82, 2.24) is 29.8 Å². The van der Waals surface area contributed by atoms with E-state index in [9.17, 15) is 19.2 Å². The van der Waals surface area contributed by atoms with Gasteiger partial charge in [0.05, 0.1) is 30.4 Å². The minimum atomic E-state index is -0.832. The lowest BCUT2D eigenvalue weighted by molar-refractivity contribution is 0.0957. The summed E-state index contributed by atoms with van der Waals surface area (Å²) in [5, 5.41) is 5.40. The highest BCUT2D eigenvalue weighted by molar-refractivity contribution is 7.22. The number of thiophene rings is 1. The van der Waals surface area contributed by atoms with Gasteiger partial charge in [0.2, 0.25) is 0 Å². The number of hydroxylamine groups is 1. The van der Waals surface area contributed by atoms with E-state index in [1.807, 2.05) is 11.9 Å². The average Bonchev–Trinajstić information content (AvgIpc) is 3.50. The zero-order chi connectivity index (χ0) is 36.9. The highest BCUT2D eigenvalue weighted by Crippen LogP contribution is 2.38. The molecule has 3 aromatic carbocycles. The number of carbonyl (C=O) groups excluding carboxylic acids is 2. The standard InChI is InChI=1S/C37H33F2N7O5S/c1-40-33(47)30-14-7-9-24(41-30)19-44(2)20-27-31-34(48)46(25-10-5-4-6-11-25)37(50)45(21-26-28(38)12-8-13-29(26)39)35(31)52-32(27)22-15-17-23(18-16-22)42-36(49)43-51-3/h4-18H,19-21H2,1-3H3,(H,40,47)(H2,42,43,49). The van der Waals surface area contributed by atoms with Crippen LogP contribution in [0.5, 0.6) is 0 Å². The number of benzene rings is 3. The highest BCUT2D eigenvalue weighted by Gasteiger charge is 2.26. The number of hydrogen-bond donors (Lipinski definition) is 3. The summed E-state index contributed by atoms with van der Waals surface area (Å²) in [5.41, 5.74) is 3.29. The monoisotopic (exact) mass is 725 g/mol. The minimum Gasteiger partial charge on any atom is -0.354 e. The van der Waals surface area contributed by atoms with Gasteiger partial charge in [0.1, 0.15) is 22.2 Å². The van der Waals surface area contributed by atoms with Gasteiger partial charge in [0.15, 0.2) is 0 Å².